The fourth-order valence-corrected chi connectivity index (χ4v) is 4.38. The van der Waals surface area contributed by atoms with Gasteiger partial charge in [0.1, 0.15) is 5.92 Å². The highest BCUT2D eigenvalue weighted by Crippen LogP contribution is 2.48. The van der Waals surface area contributed by atoms with Crippen LogP contribution in [0.5, 0.6) is 11.5 Å². The van der Waals surface area contributed by atoms with Gasteiger partial charge >= 0.3 is 0 Å². The van der Waals surface area contributed by atoms with Gasteiger partial charge in [-0.2, -0.15) is 0 Å². The first-order valence-corrected chi connectivity index (χ1v) is 9.56. The van der Waals surface area contributed by atoms with Crippen LogP contribution < -0.4 is 25.4 Å². The van der Waals surface area contributed by atoms with Crippen molar-refractivity contribution in [1.82, 2.24) is 10.6 Å². The number of carbonyl (C=O) groups is 1. The second kappa shape index (κ2) is 6.67. The number of methoxy groups -OCH3 is 1. The highest BCUT2D eigenvalue weighted by Gasteiger charge is 2.55. The zero-order valence-electron chi connectivity index (χ0n) is 16.3. The summed E-state index contributed by atoms with van der Waals surface area (Å²) < 4.78 is 11.7. The Hall–Kier alpha value is -2.80. The van der Waals surface area contributed by atoms with E-state index in [9.17, 15) is 4.79 Å². The van der Waals surface area contributed by atoms with Gasteiger partial charge in [-0.05, 0) is 50.7 Å². The normalized spacial score (nSPS) is 24.9. The lowest BCUT2D eigenvalue weighted by molar-refractivity contribution is -0.132. The molecule has 0 aromatic heterocycles. The summed E-state index contributed by atoms with van der Waals surface area (Å²) in [6.45, 7) is 5.85. The van der Waals surface area contributed by atoms with Crippen molar-refractivity contribution in [3.63, 3.8) is 0 Å². The molecule has 3 N–H and O–H groups in total. The summed E-state index contributed by atoms with van der Waals surface area (Å²) >= 11 is 5.36. The largest absolute Gasteiger partial charge is 0.493 e. The van der Waals surface area contributed by atoms with Gasteiger partial charge in [0.15, 0.2) is 22.3 Å². The number of para-hydroxylation sites is 1. The van der Waals surface area contributed by atoms with Crippen molar-refractivity contribution >= 4 is 28.9 Å². The topological polar surface area (TPSA) is 71.6 Å². The summed E-state index contributed by atoms with van der Waals surface area (Å²) in [5.41, 5.74) is 2.80. The first-order chi connectivity index (χ1) is 13.3. The minimum Gasteiger partial charge on any atom is -0.493 e. The molecule has 28 heavy (non-hydrogen) atoms. The maximum absolute atomic E-state index is 13.3. The lowest BCUT2D eigenvalue weighted by atomic mass is 9.79. The monoisotopic (exact) mass is 397 g/mol. The average Bonchev–Trinajstić information content (AvgIpc) is 2.62. The van der Waals surface area contributed by atoms with Gasteiger partial charge in [0, 0.05) is 11.3 Å². The number of hydrogen-bond donors (Lipinski definition) is 3. The van der Waals surface area contributed by atoms with Crippen molar-refractivity contribution in [2.75, 3.05) is 12.4 Å². The van der Waals surface area contributed by atoms with E-state index in [-0.39, 0.29) is 11.9 Å². The Morgan fingerprint density at radius 2 is 2.07 bits per heavy atom. The van der Waals surface area contributed by atoms with Crippen molar-refractivity contribution < 1.29 is 14.3 Å². The van der Waals surface area contributed by atoms with Crippen LogP contribution in [0.25, 0.3) is 0 Å². The van der Waals surface area contributed by atoms with Crippen LogP contribution in [0, 0.1) is 19.8 Å². The van der Waals surface area contributed by atoms with Gasteiger partial charge in [-0.25, -0.2) is 0 Å². The van der Waals surface area contributed by atoms with Gasteiger partial charge in [-0.15, -0.1) is 0 Å². The fourth-order valence-electron chi connectivity index (χ4n) is 4.05. The average molecular weight is 398 g/mol. The molecule has 2 aliphatic rings. The molecule has 3 atom stereocenters. The number of anilines is 1. The minimum absolute atomic E-state index is 0.143. The number of aryl methyl sites for hydroxylation is 2. The van der Waals surface area contributed by atoms with E-state index in [1.807, 2.05) is 57.2 Å². The summed E-state index contributed by atoms with van der Waals surface area (Å²) in [5.74, 6) is 0.559. The molecule has 1 saturated heterocycles. The molecule has 6 nitrogen and oxygen atoms in total. The summed E-state index contributed by atoms with van der Waals surface area (Å²) in [6, 6.07) is 11.3. The number of nitrogens with one attached hydrogen (secondary N) is 3. The Morgan fingerprint density at radius 3 is 2.79 bits per heavy atom. The molecule has 0 saturated carbocycles. The summed E-state index contributed by atoms with van der Waals surface area (Å²) in [4.78, 5) is 13.3. The molecule has 2 heterocycles. The van der Waals surface area contributed by atoms with Crippen molar-refractivity contribution in [1.29, 1.82) is 0 Å². The highest BCUT2D eigenvalue weighted by molar-refractivity contribution is 7.80. The van der Waals surface area contributed by atoms with Gasteiger partial charge < -0.3 is 25.4 Å². The minimum atomic E-state index is -1.00. The van der Waals surface area contributed by atoms with Crippen LogP contribution in [-0.4, -0.2) is 23.9 Å². The smallest absolute Gasteiger partial charge is 0.236 e. The SMILES string of the molecule is COc1cccc2c1O[C@@]1(C)NC(=S)N[C@@H]2[C@@H]1C(=O)Nc1ccc(C)cc1C. The van der Waals surface area contributed by atoms with Crippen molar-refractivity contribution in [2.45, 2.75) is 32.5 Å². The Bertz CT molecular complexity index is 977. The van der Waals surface area contributed by atoms with Crippen molar-refractivity contribution in [3.8, 4) is 11.5 Å². The van der Waals surface area contributed by atoms with Gasteiger partial charge in [-0.1, -0.05) is 29.8 Å². The lowest BCUT2D eigenvalue weighted by Gasteiger charge is -2.50. The third kappa shape index (κ3) is 2.96. The van der Waals surface area contributed by atoms with Crippen LogP contribution in [0.15, 0.2) is 36.4 Å². The number of benzene rings is 2. The molecule has 7 heteroatoms. The van der Waals surface area contributed by atoms with Crippen molar-refractivity contribution in [2.24, 2.45) is 5.92 Å². The summed E-state index contributed by atoms with van der Waals surface area (Å²) in [5, 5.41) is 9.90. The number of fused-ring (bicyclic) bond motifs is 4. The molecular weight excluding hydrogens is 374 g/mol. The molecule has 0 unspecified atom stereocenters. The van der Waals surface area contributed by atoms with Crippen LogP contribution in [0.1, 0.15) is 29.7 Å². The second-order valence-corrected chi connectivity index (χ2v) is 7.86. The van der Waals surface area contributed by atoms with E-state index in [4.69, 9.17) is 21.7 Å². The fraction of sp³-hybridized carbons (Fsp3) is 0.333. The van der Waals surface area contributed by atoms with Gasteiger partial charge in [0.25, 0.3) is 0 Å². The Morgan fingerprint density at radius 1 is 1.29 bits per heavy atom. The third-order valence-corrected chi connectivity index (χ3v) is 5.60. The standard InChI is InChI=1S/C21H23N3O3S/c1-11-8-9-14(12(2)10-11)22-19(25)16-17-13-6-5-7-15(26-4)18(13)27-21(16,3)24-20(28)23-17/h5-10,16-17H,1-4H3,(H,22,25)(H2,23,24,28)/t16-,17+,21-/m1/s1. The molecule has 146 valence electrons. The van der Waals surface area contributed by atoms with E-state index in [1.165, 1.54) is 0 Å². The Kier molecular flexibility index (Phi) is 4.42. The number of ether oxygens (including phenoxy) is 2. The number of carbonyl (C=O) groups excluding carboxylic acids is 1. The maximum Gasteiger partial charge on any atom is 0.236 e. The first kappa shape index (κ1) is 18.6. The predicted molar refractivity (Wildman–Crippen MR) is 112 cm³/mol. The van der Waals surface area contributed by atoms with Gasteiger partial charge in [0.05, 0.1) is 13.2 Å². The van der Waals surface area contributed by atoms with E-state index in [0.29, 0.717) is 16.6 Å². The molecular formula is C21H23N3O3S. The van der Waals surface area contributed by atoms with E-state index >= 15 is 0 Å². The Balaban J connectivity index is 1.74. The molecule has 0 spiro atoms. The third-order valence-electron chi connectivity index (χ3n) is 5.38. The number of hydrogen-bond acceptors (Lipinski definition) is 4. The van der Waals surface area contributed by atoms with E-state index in [1.54, 1.807) is 7.11 Å². The highest BCUT2D eigenvalue weighted by atomic mass is 32.1. The molecule has 2 aromatic rings. The van der Waals surface area contributed by atoms with E-state index in [0.717, 1.165) is 22.4 Å². The quantitative estimate of drug-likeness (QED) is 0.691. The van der Waals surface area contributed by atoms with Crippen LogP contribution in [0.2, 0.25) is 0 Å². The number of rotatable bonds is 3. The van der Waals surface area contributed by atoms with Crippen LogP contribution in [-0.2, 0) is 4.79 Å². The first-order valence-electron chi connectivity index (χ1n) is 9.15. The zero-order chi connectivity index (χ0) is 20.1. The molecule has 4 rings (SSSR count). The van der Waals surface area contributed by atoms with Crippen LogP contribution in [0.3, 0.4) is 0 Å². The molecule has 2 aliphatic heterocycles. The second-order valence-electron chi connectivity index (χ2n) is 7.45. The van der Waals surface area contributed by atoms with E-state index in [2.05, 4.69) is 16.0 Å². The molecule has 0 aliphatic carbocycles. The van der Waals surface area contributed by atoms with Gasteiger partial charge in [0.2, 0.25) is 5.91 Å². The summed E-state index contributed by atoms with van der Waals surface area (Å²) in [6.07, 6.45) is 0. The van der Waals surface area contributed by atoms with E-state index < -0.39 is 11.6 Å². The van der Waals surface area contributed by atoms with Crippen LogP contribution >= 0.6 is 12.2 Å². The molecule has 2 bridgehead atoms. The molecule has 1 fully saturated rings. The number of amides is 1. The molecule has 1 amide bonds. The zero-order valence-corrected chi connectivity index (χ0v) is 17.1. The van der Waals surface area contributed by atoms with Crippen LogP contribution in [0.4, 0.5) is 5.69 Å². The maximum atomic E-state index is 13.3. The molecule has 0 radical (unpaired) electrons. The van der Waals surface area contributed by atoms with Crippen molar-refractivity contribution in [3.05, 3.63) is 53.1 Å². The predicted octanol–water partition coefficient (Wildman–Crippen LogP) is 3.19. The lowest BCUT2D eigenvalue weighted by Crippen LogP contribution is -2.70. The summed E-state index contributed by atoms with van der Waals surface area (Å²) in [7, 11) is 1.60. The Labute approximate surface area is 169 Å². The number of thiocarbonyl (C=S) groups is 1. The van der Waals surface area contributed by atoms with Gasteiger partial charge in [-0.3, -0.25) is 4.79 Å². The molecule has 2 aromatic carbocycles.